The average Bonchev–Trinajstić information content (AvgIpc) is 3.08. The zero-order valence-electron chi connectivity index (χ0n) is 15.4. The Kier molecular flexibility index (Phi) is 5.28. The van der Waals surface area contributed by atoms with Crippen molar-refractivity contribution >= 4 is 22.2 Å². The molecule has 4 nitrogen and oxygen atoms in total. The highest BCUT2D eigenvalue weighted by Crippen LogP contribution is 2.37. The highest BCUT2D eigenvalue weighted by atomic mass is 32.1. The first-order valence-corrected chi connectivity index (χ1v) is 9.94. The fourth-order valence-electron chi connectivity index (χ4n) is 3.45. The molecule has 0 saturated carbocycles. The maximum Gasteiger partial charge on any atom is 0.254 e. The lowest BCUT2D eigenvalue weighted by molar-refractivity contribution is 0.0736. The van der Waals surface area contributed by atoms with Crippen LogP contribution in [0, 0.1) is 23.0 Å². The number of carbonyl (C=O) groups is 1. The fourth-order valence-corrected chi connectivity index (χ4v) is 4.66. The first-order valence-electron chi connectivity index (χ1n) is 9.13. The molecule has 1 amide bonds. The molecular weight excluding hydrogens is 392 g/mol. The van der Waals surface area contributed by atoms with E-state index in [2.05, 4.69) is 11.4 Å². The number of rotatable bonds is 4. The summed E-state index contributed by atoms with van der Waals surface area (Å²) >= 11 is 1.43. The minimum absolute atomic E-state index is 0.226. The van der Waals surface area contributed by atoms with Crippen molar-refractivity contribution < 1.29 is 13.6 Å². The van der Waals surface area contributed by atoms with Gasteiger partial charge in [-0.1, -0.05) is 18.2 Å². The molecular formula is C22H17F2N3OS. The molecule has 3 aromatic rings. The van der Waals surface area contributed by atoms with E-state index in [4.69, 9.17) is 0 Å². The first-order chi connectivity index (χ1) is 14.0. The van der Waals surface area contributed by atoms with Crippen LogP contribution in [0.5, 0.6) is 0 Å². The highest BCUT2D eigenvalue weighted by Gasteiger charge is 2.27. The van der Waals surface area contributed by atoms with Gasteiger partial charge in [-0.25, -0.2) is 8.78 Å². The van der Waals surface area contributed by atoms with Gasteiger partial charge in [0, 0.05) is 23.5 Å². The smallest absolute Gasteiger partial charge is 0.254 e. The van der Waals surface area contributed by atoms with Crippen LogP contribution in [0.1, 0.15) is 31.9 Å². The van der Waals surface area contributed by atoms with Gasteiger partial charge < -0.3 is 10.2 Å². The Hall–Kier alpha value is -3.24. The number of fused-ring (bicyclic) bond motifs is 1. The van der Waals surface area contributed by atoms with Gasteiger partial charge in [-0.3, -0.25) is 4.79 Å². The molecule has 0 aliphatic carbocycles. The Morgan fingerprint density at radius 3 is 2.66 bits per heavy atom. The summed E-state index contributed by atoms with van der Waals surface area (Å²) in [5, 5.41) is 13.6. The Morgan fingerprint density at radius 2 is 1.93 bits per heavy atom. The molecule has 0 saturated heterocycles. The molecule has 0 bridgehead atoms. The summed E-state index contributed by atoms with van der Waals surface area (Å²) in [6.07, 6.45) is 0.567. The standard InChI is InChI=1S/C22H17F2N3OS/c23-16-5-1-3-14(9-16)12-26-21-19(11-25)18-7-8-27(13-20(18)29-21)22(28)15-4-2-6-17(24)10-15/h1-6,9-10,26H,7-8,12-13H2. The normalized spacial score (nSPS) is 12.9. The highest BCUT2D eigenvalue weighted by molar-refractivity contribution is 7.16. The lowest BCUT2D eigenvalue weighted by atomic mass is 10.0. The number of anilines is 1. The monoisotopic (exact) mass is 409 g/mol. The molecule has 0 radical (unpaired) electrons. The van der Waals surface area contributed by atoms with E-state index < -0.39 is 5.82 Å². The van der Waals surface area contributed by atoms with Crippen LogP contribution in [0.2, 0.25) is 0 Å². The third kappa shape index (κ3) is 3.98. The van der Waals surface area contributed by atoms with E-state index in [1.54, 1.807) is 17.0 Å². The van der Waals surface area contributed by atoms with Crippen molar-refractivity contribution in [2.24, 2.45) is 0 Å². The molecule has 1 aliphatic heterocycles. The summed E-state index contributed by atoms with van der Waals surface area (Å²) in [7, 11) is 0. The molecule has 2 heterocycles. The van der Waals surface area contributed by atoms with Crippen LogP contribution >= 0.6 is 11.3 Å². The predicted molar refractivity (Wildman–Crippen MR) is 108 cm³/mol. The third-order valence-electron chi connectivity index (χ3n) is 4.87. The summed E-state index contributed by atoms with van der Waals surface area (Å²) in [6.45, 7) is 1.25. The SMILES string of the molecule is N#Cc1c(NCc2cccc(F)c2)sc2c1CCN(C(=O)c1cccc(F)c1)C2. The van der Waals surface area contributed by atoms with Crippen molar-refractivity contribution in [2.45, 2.75) is 19.5 Å². The van der Waals surface area contributed by atoms with Crippen LogP contribution in [0.15, 0.2) is 48.5 Å². The number of benzene rings is 2. The molecule has 146 valence electrons. The number of nitrogens with zero attached hydrogens (tertiary/aromatic N) is 2. The second-order valence-electron chi connectivity index (χ2n) is 6.79. The van der Waals surface area contributed by atoms with Gasteiger partial charge >= 0.3 is 0 Å². The van der Waals surface area contributed by atoms with Crippen molar-refractivity contribution in [1.82, 2.24) is 4.90 Å². The second-order valence-corrected chi connectivity index (χ2v) is 7.90. The second kappa shape index (κ2) is 8.02. The minimum Gasteiger partial charge on any atom is -0.372 e. The summed E-state index contributed by atoms with van der Waals surface area (Å²) in [5.41, 5.74) is 2.62. The average molecular weight is 409 g/mol. The third-order valence-corrected chi connectivity index (χ3v) is 6.04. The van der Waals surface area contributed by atoms with E-state index in [0.29, 0.717) is 37.2 Å². The van der Waals surface area contributed by atoms with Gasteiger partial charge in [0.1, 0.15) is 22.7 Å². The Labute approximate surface area is 171 Å². The van der Waals surface area contributed by atoms with Crippen LogP contribution in [-0.2, 0) is 19.5 Å². The molecule has 0 fully saturated rings. The van der Waals surface area contributed by atoms with E-state index in [1.807, 2.05) is 6.07 Å². The quantitative estimate of drug-likeness (QED) is 0.679. The van der Waals surface area contributed by atoms with Crippen molar-refractivity contribution in [3.05, 3.63) is 87.3 Å². The van der Waals surface area contributed by atoms with Crippen molar-refractivity contribution in [1.29, 1.82) is 5.26 Å². The molecule has 29 heavy (non-hydrogen) atoms. The zero-order valence-corrected chi connectivity index (χ0v) is 16.2. The van der Waals surface area contributed by atoms with Crippen molar-refractivity contribution in [3.63, 3.8) is 0 Å². The molecule has 1 aromatic heterocycles. The molecule has 0 unspecified atom stereocenters. The molecule has 1 aliphatic rings. The van der Waals surface area contributed by atoms with E-state index in [1.165, 1.54) is 41.7 Å². The van der Waals surface area contributed by atoms with Crippen LogP contribution < -0.4 is 5.32 Å². The topological polar surface area (TPSA) is 56.1 Å². The van der Waals surface area contributed by atoms with Gasteiger partial charge in [0.2, 0.25) is 0 Å². The van der Waals surface area contributed by atoms with E-state index in [9.17, 15) is 18.8 Å². The summed E-state index contributed by atoms with van der Waals surface area (Å²) in [5.74, 6) is -0.974. The number of hydrogen-bond donors (Lipinski definition) is 1. The van der Waals surface area contributed by atoms with Crippen molar-refractivity contribution in [3.8, 4) is 6.07 Å². The minimum atomic E-state index is -0.444. The van der Waals surface area contributed by atoms with Gasteiger partial charge in [-0.2, -0.15) is 5.26 Å². The number of carbonyl (C=O) groups excluding carboxylic acids is 1. The van der Waals surface area contributed by atoms with E-state index in [-0.39, 0.29) is 11.7 Å². The Morgan fingerprint density at radius 1 is 1.17 bits per heavy atom. The summed E-state index contributed by atoms with van der Waals surface area (Å²) in [6, 6.07) is 14.2. The predicted octanol–water partition coefficient (Wildman–Crippen LogP) is 4.71. The van der Waals surface area contributed by atoms with Gasteiger partial charge in [-0.15, -0.1) is 11.3 Å². The number of amides is 1. The van der Waals surface area contributed by atoms with E-state index >= 15 is 0 Å². The fraction of sp³-hybridized carbons (Fsp3) is 0.182. The van der Waals surface area contributed by atoms with Crippen LogP contribution in [-0.4, -0.2) is 17.4 Å². The molecule has 1 N–H and O–H groups in total. The largest absolute Gasteiger partial charge is 0.372 e. The maximum atomic E-state index is 13.4. The lowest BCUT2D eigenvalue weighted by Crippen LogP contribution is -2.35. The lowest BCUT2D eigenvalue weighted by Gasteiger charge is -2.27. The number of nitrogens with one attached hydrogen (secondary N) is 1. The molecule has 0 atom stereocenters. The molecule has 7 heteroatoms. The Bertz CT molecular complexity index is 1120. The van der Waals surface area contributed by atoms with Gasteiger partial charge in [0.15, 0.2) is 0 Å². The molecule has 2 aromatic carbocycles. The van der Waals surface area contributed by atoms with Gasteiger partial charge in [-0.05, 0) is 47.9 Å². The van der Waals surface area contributed by atoms with Gasteiger partial charge in [0.25, 0.3) is 5.91 Å². The number of thiophene rings is 1. The number of halogens is 2. The van der Waals surface area contributed by atoms with E-state index in [0.717, 1.165) is 21.0 Å². The maximum absolute atomic E-state index is 13.4. The first kappa shape index (κ1) is 19.1. The summed E-state index contributed by atoms with van der Waals surface area (Å²) in [4.78, 5) is 15.3. The van der Waals surface area contributed by atoms with Crippen molar-refractivity contribution in [2.75, 3.05) is 11.9 Å². The summed E-state index contributed by atoms with van der Waals surface area (Å²) < 4.78 is 26.8. The Balaban J connectivity index is 1.53. The molecule has 4 rings (SSSR count). The van der Waals surface area contributed by atoms with Gasteiger partial charge in [0.05, 0.1) is 12.1 Å². The van der Waals surface area contributed by atoms with Crippen LogP contribution in [0.25, 0.3) is 0 Å². The van der Waals surface area contributed by atoms with Crippen LogP contribution in [0.3, 0.4) is 0 Å². The number of hydrogen-bond acceptors (Lipinski definition) is 4. The van der Waals surface area contributed by atoms with Crippen LogP contribution in [0.4, 0.5) is 13.8 Å². The number of nitriles is 1. The molecule has 0 spiro atoms. The zero-order chi connectivity index (χ0) is 20.4.